The van der Waals surface area contributed by atoms with E-state index in [0.717, 1.165) is 4.88 Å². The first-order chi connectivity index (χ1) is 21.5. The third-order valence-corrected chi connectivity index (χ3v) is 9.48. The number of alkyl halides is 3. The van der Waals surface area contributed by atoms with Crippen LogP contribution in [0.3, 0.4) is 0 Å². The van der Waals surface area contributed by atoms with Gasteiger partial charge in [0.2, 0.25) is 5.91 Å². The molecule has 10 nitrogen and oxygen atoms in total. The molecule has 0 saturated carbocycles. The number of thiophene rings is 1. The van der Waals surface area contributed by atoms with Crippen molar-refractivity contribution in [1.29, 1.82) is 0 Å². The van der Waals surface area contributed by atoms with Gasteiger partial charge < -0.3 is 14.8 Å². The van der Waals surface area contributed by atoms with Crippen molar-refractivity contribution < 1.29 is 33.4 Å². The monoisotopic (exact) mass is 707 g/mol. The van der Waals surface area contributed by atoms with E-state index in [1.54, 1.807) is 5.32 Å². The van der Waals surface area contributed by atoms with Gasteiger partial charge in [0.15, 0.2) is 6.10 Å². The molecule has 3 heterocycles. The minimum atomic E-state index is -2.40. The third-order valence-electron chi connectivity index (χ3n) is 6.75. The van der Waals surface area contributed by atoms with Crippen LogP contribution in [0.25, 0.3) is 0 Å². The highest BCUT2D eigenvalue weighted by Gasteiger charge is 2.54. The molecule has 3 aromatic rings. The first kappa shape index (κ1) is 32.8. The zero-order chi connectivity index (χ0) is 32.1. The number of hydrogen-bond donors (Lipinski definition) is 2. The molecule has 0 radical (unpaired) electrons. The Morgan fingerprint density at radius 3 is 2.18 bits per heavy atom. The van der Waals surface area contributed by atoms with Gasteiger partial charge in [0, 0.05) is 16.2 Å². The summed E-state index contributed by atoms with van der Waals surface area (Å²) in [6, 6.07) is 20.9. The van der Waals surface area contributed by atoms with Crippen molar-refractivity contribution in [2.75, 3.05) is 12.4 Å². The van der Waals surface area contributed by atoms with Gasteiger partial charge >= 0.3 is 12.1 Å². The normalized spacial score (nSPS) is 17.7. The average Bonchev–Trinajstić information content (AvgIpc) is 3.54. The second-order valence-electron chi connectivity index (χ2n) is 9.80. The van der Waals surface area contributed by atoms with Crippen LogP contribution in [0.5, 0.6) is 0 Å². The van der Waals surface area contributed by atoms with Crippen LogP contribution in [0.15, 0.2) is 89.4 Å². The van der Waals surface area contributed by atoms with Crippen molar-refractivity contribution in [1.82, 2.24) is 15.5 Å². The van der Waals surface area contributed by atoms with Gasteiger partial charge in [-0.1, -0.05) is 102 Å². The second-order valence-corrected chi connectivity index (χ2v) is 14.2. The van der Waals surface area contributed by atoms with Crippen LogP contribution in [0.4, 0.5) is 4.79 Å². The maximum atomic E-state index is 14.0. The molecule has 1 aromatic heterocycles. The van der Waals surface area contributed by atoms with Gasteiger partial charge in [-0.3, -0.25) is 24.6 Å². The number of halogens is 3. The Balaban J connectivity index is 1.40. The van der Waals surface area contributed by atoms with Gasteiger partial charge in [-0.25, -0.2) is 9.59 Å². The minimum Gasteiger partial charge on any atom is -0.448 e. The van der Waals surface area contributed by atoms with Gasteiger partial charge in [-0.05, 0) is 22.6 Å². The predicted octanol–water partition coefficient (Wildman–Crippen LogP) is 4.90. The number of carbonyl (C=O) groups is 5. The van der Waals surface area contributed by atoms with Gasteiger partial charge in [-0.15, -0.1) is 23.1 Å². The quantitative estimate of drug-likeness (QED) is 0.183. The van der Waals surface area contributed by atoms with E-state index in [9.17, 15) is 24.0 Å². The van der Waals surface area contributed by atoms with Crippen molar-refractivity contribution in [3.63, 3.8) is 0 Å². The smallest absolute Gasteiger partial charge is 0.414 e. The average molecular weight is 709 g/mol. The van der Waals surface area contributed by atoms with E-state index in [2.05, 4.69) is 5.32 Å². The number of nitrogens with zero attached hydrogens (tertiary/aromatic N) is 1. The maximum absolute atomic E-state index is 14.0. The second kappa shape index (κ2) is 14.3. The molecule has 5 rings (SSSR count). The van der Waals surface area contributed by atoms with Crippen molar-refractivity contribution in [3.05, 3.63) is 105 Å². The zero-order valence-electron chi connectivity index (χ0n) is 23.1. The molecule has 0 unspecified atom stereocenters. The molecular weight excluding hydrogens is 685 g/mol. The Labute approximate surface area is 281 Å². The summed E-state index contributed by atoms with van der Waals surface area (Å²) < 4.78 is 8.81. The summed E-state index contributed by atoms with van der Waals surface area (Å²) in [5, 5.41) is 5.81. The van der Waals surface area contributed by atoms with Crippen molar-refractivity contribution in [2.24, 2.45) is 0 Å². The lowest BCUT2D eigenvalue weighted by atomic mass is 10.0. The first-order valence-corrected chi connectivity index (χ1v) is 16.4. The Bertz CT molecular complexity index is 1580. The van der Waals surface area contributed by atoms with Crippen LogP contribution >= 0.6 is 57.9 Å². The number of rotatable bonds is 9. The molecule has 1 fully saturated rings. The summed E-state index contributed by atoms with van der Waals surface area (Å²) in [6.45, 7) is -0.482. The molecule has 2 aliphatic heterocycles. The summed E-state index contributed by atoms with van der Waals surface area (Å²) >= 11 is 19.2. The number of benzene rings is 2. The fraction of sp³-hybridized carbons (Fsp3) is 0.233. The molecule has 1 saturated heterocycles. The number of β-lactam (4-membered cyclic amide) rings is 1. The van der Waals surface area contributed by atoms with Crippen LogP contribution in [0.1, 0.15) is 22.1 Å². The topological polar surface area (TPSA) is 131 Å². The number of alkyl carbamates (subject to hydrolysis) is 1. The summed E-state index contributed by atoms with van der Waals surface area (Å²) in [5.74, 6) is -2.78. The minimum absolute atomic E-state index is 0.112. The van der Waals surface area contributed by atoms with Gasteiger partial charge in [0.1, 0.15) is 23.7 Å². The highest BCUT2D eigenvalue weighted by molar-refractivity contribution is 8.00. The Morgan fingerprint density at radius 1 is 0.956 bits per heavy atom. The molecule has 2 aliphatic rings. The summed E-state index contributed by atoms with van der Waals surface area (Å²) in [7, 11) is 0. The Kier molecular flexibility index (Phi) is 10.4. The standard InChI is InChI=1S/C30H24Cl3N3O7S2/c31-30(32,33)28(40)35-29(41)42-15-19-16-45-26-22(34-21(37)14-20-12-7-13-44-20)25(38)36(26)23(19)27(39)43-24(17-8-3-1-4-9-17)18-10-5-2-6-11-18/h1-13,22,24,26H,14-16H2,(H,34,37)(H,35,40,41)/t22-,26-/m1/s1. The van der Waals surface area contributed by atoms with E-state index >= 15 is 0 Å². The lowest BCUT2D eigenvalue weighted by molar-refractivity contribution is -0.154. The van der Waals surface area contributed by atoms with Crippen LogP contribution in [0.2, 0.25) is 0 Å². The SMILES string of the molecule is O=C(Cc1cccs1)N[C@@H]1C(=O)N2C(C(=O)OC(c3ccccc3)c3ccccc3)=C(COC(=O)NC(=O)C(Cl)(Cl)Cl)CS[C@H]12. The summed E-state index contributed by atoms with van der Waals surface area (Å²) in [5.41, 5.74) is 1.50. The Morgan fingerprint density at radius 2 is 1.60 bits per heavy atom. The molecular formula is C30H24Cl3N3O7S2. The number of carbonyl (C=O) groups excluding carboxylic acids is 5. The fourth-order valence-electron chi connectivity index (χ4n) is 4.68. The van der Waals surface area contributed by atoms with E-state index in [4.69, 9.17) is 44.3 Å². The lowest BCUT2D eigenvalue weighted by Crippen LogP contribution is -2.70. The van der Waals surface area contributed by atoms with E-state index in [0.29, 0.717) is 11.1 Å². The number of imide groups is 1. The highest BCUT2D eigenvalue weighted by atomic mass is 35.6. The number of thioether (sulfide) groups is 1. The Hall–Kier alpha value is -3.55. The molecule has 0 aliphatic carbocycles. The molecule has 45 heavy (non-hydrogen) atoms. The molecule has 4 amide bonds. The lowest BCUT2D eigenvalue weighted by Gasteiger charge is -2.49. The molecule has 2 aromatic carbocycles. The van der Waals surface area contributed by atoms with E-state index in [1.807, 2.05) is 78.2 Å². The van der Waals surface area contributed by atoms with Crippen LogP contribution < -0.4 is 10.6 Å². The number of hydrogen-bond acceptors (Lipinski definition) is 9. The third kappa shape index (κ3) is 7.82. The molecule has 0 bridgehead atoms. The molecule has 2 atom stereocenters. The number of fused-ring (bicyclic) bond motifs is 1. The zero-order valence-corrected chi connectivity index (χ0v) is 27.0. The molecule has 234 valence electrons. The molecule has 2 N–H and O–H groups in total. The number of amides is 4. The van der Waals surface area contributed by atoms with Gasteiger partial charge in [0.25, 0.3) is 15.6 Å². The predicted molar refractivity (Wildman–Crippen MR) is 171 cm³/mol. The first-order valence-electron chi connectivity index (χ1n) is 13.4. The van der Waals surface area contributed by atoms with E-state index < -0.39 is 51.8 Å². The number of nitrogens with one attached hydrogen (secondary N) is 2. The summed E-state index contributed by atoms with van der Waals surface area (Å²) in [4.78, 5) is 66.4. The largest absolute Gasteiger partial charge is 0.448 e. The maximum Gasteiger partial charge on any atom is 0.414 e. The summed E-state index contributed by atoms with van der Waals surface area (Å²) in [6.07, 6.45) is -1.94. The van der Waals surface area contributed by atoms with Crippen LogP contribution in [-0.4, -0.2) is 62.3 Å². The molecule has 15 heteroatoms. The van der Waals surface area contributed by atoms with Gasteiger partial charge in [-0.2, -0.15) is 0 Å². The number of esters is 1. The van der Waals surface area contributed by atoms with E-state index in [-0.39, 0.29) is 29.4 Å². The van der Waals surface area contributed by atoms with Gasteiger partial charge in [0.05, 0.1) is 6.42 Å². The van der Waals surface area contributed by atoms with Crippen molar-refractivity contribution in [2.45, 2.75) is 27.7 Å². The van der Waals surface area contributed by atoms with Crippen LogP contribution in [-0.2, 0) is 35.1 Å². The number of ether oxygens (including phenoxy) is 2. The van der Waals surface area contributed by atoms with E-state index in [1.165, 1.54) is 28.0 Å². The fourth-order valence-corrected chi connectivity index (χ4v) is 6.85. The van der Waals surface area contributed by atoms with Crippen molar-refractivity contribution in [3.8, 4) is 0 Å². The van der Waals surface area contributed by atoms with Crippen molar-refractivity contribution >= 4 is 87.7 Å². The van der Waals surface area contributed by atoms with Crippen LogP contribution in [0, 0.1) is 0 Å². The highest BCUT2D eigenvalue weighted by Crippen LogP contribution is 2.42. The molecule has 0 spiro atoms.